The minimum Gasteiger partial charge on any atom is -0.486 e. The lowest BCUT2D eigenvalue weighted by Gasteiger charge is -2.20. The summed E-state index contributed by atoms with van der Waals surface area (Å²) < 4.78 is 39.6. The summed E-state index contributed by atoms with van der Waals surface area (Å²) in [4.78, 5) is 18.9. The molecule has 4 rings (SSSR count). The van der Waals surface area contributed by atoms with Crippen molar-refractivity contribution in [2.75, 3.05) is 30.5 Å². The van der Waals surface area contributed by atoms with Gasteiger partial charge in [0, 0.05) is 10.9 Å². The van der Waals surface area contributed by atoms with Crippen LogP contribution in [0, 0.1) is 0 Å². The van der Waals surface area contributed by atoms with E-state index >= 15 is 0 Å². The highest BCUT2D eigenvalue weighted by Gasteiger charge is 2.28. The second kappa shape index (κ2) is 10.4. The quantitative estimate of drug-likeness (QED) is 0.539. The van der Waals surface area contributed by atoms with Crippen LogP contribution >= 0.6 is 23.1 Å². The first kappa shape index (κ1) is 23.3. The third-order valence-electron chi connectivity index (χ3n) is 5.37. The van der Waals surface area contributed by atoms with Crippen molar-refractivity contribution in [3.8, 4) is 11.5 Å². The highest BCUT2D eigenvalue weighted by molar-refractivity contribution is 7.98. The van der Waals surface area contributed by atoms with E-state index in [1.54, 1.807) is 17.8 Å². The Morgan fingerprint density at radius 2 is 1.97 bits per heavy atom. The minimum atomic E-state index is -3.94. The smallest absolute Gasteiger partial charge is 0.244 e. The van der Waals surface area contributed by atoms with E-state index < -0.39 is 22.0 Å². The SMILES string of the molecule is CSCC[C@H](NS(=O)(=O)c1ccc2c(c1)OCCO2)C(=O)Nc1nc2c(s1)CCCCC2. The summed E-state index contributed by atoms with van der Waals surface area (Å²) in [6.07, 6.45) is 7.63. The lowest BCUT2D eigenvalue weighted by molar-refractivity contribution is -0.117. The topological polar surface area (TPSA) is 107 Å². The van der Waals surface area contributed by atoms with E-state index in [0.29, 0.717) is 42.0 Å². The molecule has 1 aromatic carbocycles. The molecule has 0 radical (unpaired) electrons. The summed E-state index contributed by atoms with van der Waals surface area (Å²) >= 11 is 3.05. The monoisotopic (exact) mass is 497 g/mol. The fourth-order valence-corrected chi connectivity index (χ4v) is 6.47. The van der Waals surface area contributed by atoms with E-state index in [1.807, 2.05) is 6.26 Å². The number of hydrogen-bond donors (Lipinski definition) is 2. The highest BCUT2D eigenvalue weighted by atomic mass is 32.2. The maximum absolute atomic E-state index is 13.0. The molecule has 0 fully saturated rings. The van der Waals surface area contributed by atoms with Crippen LogP contribution in [0.5, 0.6) is 11.5 Å². The molecule has 1 amide bonds. The van der Waals surface area contributed by atoms with E-state index in [1.165, 1.54) is 34.8 Å². The van der Waals surface area contributed by atoms with E-state index in [-0.39, 0.29) is 4.90 Å². The number of amides is 1. The van der Waals surface area contributed by atoms with E-state index in [4.69, 9.17) is 9.47 Å². The number of carbonyl (C=O) groups is 1. The van der Waals surface area contributed by atoms with Crippen LogP contribution in [-0.4, -0.2) is 50.6 Å². The van der Waals surface area contributed by atoms with Crippen molar-refractivity contribution in [3.05, 3.63) is 28.8 Å². The average molecular weight is 498 g/mol. The zero-order chi connectivity index (χ0) is 22.6. The molecule has 2 N–H and O–H groups in total. The number of ether oxygens (including phenoxy) is 2. The van der Waals surface area contributed by atoms with Gasteiger partial charge >= 0.3 is 0 Å². The largest absolute Gasteiger partial charge is 0.486 e. The Morgan fingerprint density at radius 3 is 2.78 bits per heavy atom. The molecule has 0 unspecified atom stereocenters. The van der Waals surface area contributed by atoms with Gasteiger partial charge in [-0.15, -0.1) is 11.3 Å². The third kappa shape index (κ3) is 5.56. The molecule has 0 bridgehead atoms. The number of thiazole rings is 1. The molecule has 0 saturated carbocycles. The second-order valence-corrected chi connectivity index (χ2v) is 11.5. The highest BCUT2D eigenvalue weighted by Crippen LogP contribution is 2.32. The number of benzene rings is 1. The van der Waals surface area contributed by atoms with Crippen LogP contribution in [0.2, 0.25) is 0 Å². The number of anilines is 1. The maximum atomic E-state index is 13.0. The van der Waals surface area contributed by atoms with Gasteiger partial charge < -0.3 is 14.8 Å². The van der Waals surface area contributed by atoms with Crippen LogP contribution < -0.4 is 19.5 Å². The zero-order valence-corrected chi connectivity index (χ0v) is 20.3. The van der Waals surface area contributed by atoms with Gasteiger partial charge in [0.15, 0.2) is 16.6 Å². The first-order chi connectivity index (χ1) is 15.5. The van der Waals surface area contributed by atoms with Crippen LogP contribution in [0.3, 0.4) is 0 Å². The molecule has 2 heterocycles. The first-order valence-electron chi connectivity index (χ1n) is 10.7. The Hall–Kier alpha value is -1.82. The molecule has 174 valence electrons. The van der Waals surface area contributed by atoms with Gasteiger partial charge in [0.05, 0.1) is 10.6 Å². The predicted octanol–water partition coefficient (Wildman–Crippen LogP) is 3.22. The summed E-state index contributed by atoms with van der Waals surface area (Å²) in [5.74, 6) is 1.13. The molecule has 2 aliphatic rings. The molecular weight excluding hydrogens is 470 g/mol. The summed E-state index contributed by atoms with van der Waals surface area (Å²) in [6, 6.07) is 3.54. The van der Waals surface area contributed by atoms with E-state index in [0.717, 1.165) is 31.4 Å². The summed E-state index contributed by atoms with van der Waals surface area (Å²) in [5, 5.41) is 3.38. The zero-order valence-electron chi connectivity index (χ0n) is 17.9. The van der Waals surface area contributed by atoms with Crippen molar-refractivity contribution in [2.24, 2.45) is 0 Å². The molecule has 32 heavy (non-hydrogen) atoms. The fourth-order valence-electron chi connectivity index (χ4n) is 3.70. The number of nitrogens with one attached hydrogen (secondary N) is 2. The number of sulfonamides is 1. The summed E-state index contributed by atoms with van der Waals surface area (Å²) in [5.41, 5.74) is 1.06. The van der Waals surface area contributed by atoms with Crippen molar-refractivity contribution >= 4 is 44.2 Å². The normalized spacial score (nSPS) is 16.7. The van der Waals surface area contributed by atoms with Gasteiger partial charge in [0.25, 0.3) is 0 Å². The average Bonchev–Trinajstić information content (AvgIpc) is 3.03. The van der Waals surface area contributed by atoms with Crippen molar-refractivity contribution in [3.63, 3.8) is 0 Å². The fraction of sp³-hybridized carbons (Fsp3) is 0.524. The van der Waals surface area contributed by atoms with Crippen LogP contribution in [0.15, 0.2) is 23.1 Å². The number of aryl methyl sites for hydroxylation is 2. The molecule has 11 heteroatoms. The number of carbonyl (C=O) groups excluding carboxylic acids is 1. The first-order valence-corrected chi connectivity index (χ1v) is 14.4. The lowest BCUT2D eigenvalue weighted by Crippen LogP contribution is -2.44. The second-order valence-electron chi connectivity index (χ2n) is 7.70. The number of fused-ring (bicyclic) bond motifs is 2. The Kier molecular flexibility index (Phi) is 7.59. The van der Waals surface area contributed by atoms with Gasteiger partial charge in [0.2, 0.25) is 15.9 Å². The molecule has 0 spiro atoms. The van der Waals surface area contributed by atoms with Gasteiger partial charge in [-0.2, -0.15) is 16.5 Å². The Labute approximate surface area is 196 Å². The Balaban J connectivity index is 1.49. The molecule has 1 atom stereocenters. The molecule has 1 aliphatic heterocycles. The predicted molar refractivity (Wildman–Crippen MR) is 127 cm³/mol. The van der Waals surface area contributed by atoms with E-state index in [2.05, 4.69) is 15.0 Å². The molecular formula is C21H27N3O5S3. The number of aromatic nitrogens is 1. The van der Waals surface area contributed by atoms with Crippen LogP contribution in [0.4, 0.5) is 5.13 Å². The Morgan fingerprint density at radius 1 is 1.19 bits per heavy atom. The van der Waals surface area contributed by atoms with Gasteiger partial charge in [-0.25, -0.2) is 13.4 Å². The van der Waals surface area contributed by atoms with Gasteiger partial charge in [-0.1, -0.05) is 6.42 Å². The number of hydrogen-bond acceptors (Lipinski definition) is 8. The van der Waals surface area contributed by atoms with Crippen molar-refractivity contribution in [2.45, 2.75) is 49.5 Å². The Bertz CT molecular complexity index is 1050. The molecule has 0 saturated heterocycles. The third-order valence-corrected chi connectivity index (χ3v) is 8.56. The number of rotatable bonds is 8. The standard InChI is InChI=1S/C21H27N3O5S3/c1-30-12-9-16(20(25)23-21-22-15-5-3-2-4-6-19(15)31-21)24-32(26,27)14-7-8-17-18(13-14)29-11-10-28-17/h7-8,13,16,24H,2-6,9-12H2,1H3,(H,22,23,25)/t16-/m0/s1. The molecule has 1 aliphatic carbocycles. The minimum absolute atomic E-state index is 0.0321. The molecule has 2 aromatic rings. The van der Waals surface area contributed by atoms with Gasteiger partial charge in [-0.3, -0.25) is 4.79 Å². The molecule has 8 nitrogen and oxygen atoms in total. The summed E-state index contributed by atoms with van der Waals surface area (Å²) in [6.45, 7) is 0.787. The van der Waals surface area contributed by atoms with Gasteiger partial charge in [-0.05, 0) is 56.2 Å². The number of thioether (sulfide) groups is 1. The van der Waals surface area contributed by atoms with Crippen molar-refractivity contribution in [1.82, 2.24) is 9.71 Å². The summed E-state index contributed by atoms with van der Waals surface area (Å²) in [7, 11) is -3.94. The molecule has 1 aromatic heterocycles. The number of nitrogens with zero attached hydrogens (tertiary/aromatic N) is 1. The van der Waals surface area contributed by atoms with Crippen LogP contribution in [-0.2, 0) is 27.7 Å². The van der Waals surface area contributed by atoms with Gasteiger partial charge in [0.1, 0.15) is 19.3 Å². The van der Waals surface area contributed by atoms with Crippen LogP contribution in [0.25, 0.3) is 0 Å². The van der Waals surface area contributed by atoms with Crippen molar-refractivity contribution in [1.29, 1.82) is 0 Å². The maximum Gasteiger partial charge on any atom is 0.244 e. The van der Waals surface area contributed by atoms with Crippen LogP contribution in [0.1, 0.15) is 36.3 Å². The van der Waals surface area contributed by atoms with Crippen molar-refractivity contribution < 1.29 is 22.7 Å². The van der Waals surface area contributed by atoms with E-state index in [9.17, 15) is 13.2 Å². The lowest BCUT2D eigenvalue weighted by atomic mass is 10.2.